The number of pyridine rings is 1. The smallest absolute Gasteiger partial charge is 0.213 e. The van der Waals surface area contributed by atoms with E-state index in [1.807, 2.05) is 24.3 Å². The monoisotopic (exact) mass is 451 g/mol. The van der Waals surface area contributed by atoms with Gasteiger partial charge in [0.1, 0.15) is 17.8 Å². The van der Waals surface area contributed by atoms with Gasteiger partial charge in [-0.05, 0) is 75.5 Å². The number of ether oxygens (including phenoxy) is 1. The van der Waals surface area contributed by atoms with Crippen molar-refractivity contribution < 1.29 is 4.74 Å². The first-order valence-corrected chi connectivity index (χ1v) is 12.0. The maximum absolute atomic E-state index is 6.39. The molecule has 32 heavy (non-hydrogen) atoms. The van der Waals surface area contributed by atoms with E-state index in [-0.39, 0.29) is 6.10 Å². The van der Waals surface area contributed by atoms with Crippen LogP contribution in [0.4, 0.5) is 0 Å². The molecule has 0 spiro atoms. The molecule has 1 saturated carbocycles. The van der Waals surface area contributed by atoms with Crippen LogP contribution in [0.25, 0.3) is 5.69 Å². The molecule has 3 heterocycles. The summed E-state index contributed by atoms with van der Waals surface area (Å²) in [6, 6.07) is 12.4. The number of rotatable bonds is 5. The van der Waals surface area contributed by atoms with Gasteiger partial charge in [-0.2, -0.15) is 0 Å². The second kappa shape index (κ2) is 9.20. The number of aromatic nitrogens is 4. The van der Waals surface area contributed by atoms with E-state index in [0.717, 1.165) is 61.7 Å². The molecule has 2 aromatic heterocycles. The topological polar surface area (TPSA) is 56.1 Å². The molecule has 1 aliphatic heterocycles. The molecule has 0 amide bonds. The van der Waals surface area contributed by atoms with E-state index in [4.69, 9.17) is 21.4 Å². The zero-order valence-corrected chi connectivity index (χ0v) is 19.5. The minimum absolute atomic E-state index is 0.210. The molecule has 1 aliphatic carbocycles. The van der Waals surface area contributed by atoms with Crippen molar-refractivity contribution in [2.75, 3.05) is 13.6 Å². The highest BCUT2D eigenvalue weighted by Crippen LogP contribution is 2.37. The number of halogens is 1. The molecule has 1 aromatic carbocycles. The van der Waals surface area contributed by atoms with Gasteiger partial charge in [-0.3, -0.25) is 4.57 Å². The van der Waals surface area contributed by atoms with Gasteiger partial charge in [0.05, 0.1) is 5.69 Å². The predicted octanol–water partition coefficient (Wildman–Crippen LogP) is 4.84. The van der Waals surface area contributed by atoms with Crippen LogP contribution in [0.15, 0.2) is 42.6 Å². The van der Waals surface area contributed by atoms with E-state index in [1.165, 1.54) is 11.3 Å². The minimum atomic E-state index is 0.210. The molecule has 3 aromatic rings. The largest absolute Gasteiger partial charge is 0.474 e. The Morgan fingerprint density at radius 2 is 1.94 bits per heavy atom. The first kappa shape index (κ1) is 21.4. The zero-order chi connectivity index (χ0) is 22.1. The number of nitrogens with zero attached hydrogens (tertiary/aromatic N) is 5. The van der Waals surface area contributed by atoms with Crippen molar-refractivity contribution in [3.05, 3.63) is 64.8 Å². The fraction of sp³-hybridized carbons (Fsp3) is 0.480. The Labute approximate surface area is 194 Å². The number of benzene rings is 1. The van der Waals surface area contributed by atoms with Crippen molar-refractivity contribution in [2.24, 2.45) is 0 Å². The third-order valence-corrected chi connectivity index (χ3v) is 7.23. The molecule has 168 valence electrons. The lowest BCUT2D eigenvalue weighted by Crippen LogP contribution is -2.35. The van der Waals surface area contributed by atoms with Gasteiger partial charge in [0.25, 0.3) is 0 Å². The van der Waals surface area contributed by atoms with Gasteiger partial charge < -0.3 is 9.64 Å². The summed E-state index contributed by atoms with van der Waals surface area (Å²) in [4.78, 5) is 6.70. The van der Waals surface area contributed by atoms with Crippen molar-refractivity contribution in [3.63, 3.8) is 0 Å². The fourth-order valence-electron chi connectivity index (χ4n) is 5.06. The van der Waals surface area contributed by atoms with Crippen molar-refractivity contribution in [1.29, 1.82) is 0 Å². The molecule has 0 unspecified atom stereocenters. The number of likely N-dealkylation sites (N-methyl/N-ethyl adjacent to an activating group) is 1. The maximum atomic E-state index is 6.39. The Kier molecular flexibility index (Phi) is 6.15. The standard InChI is InChI=1S/C25H30ClN5O/c1-3-30(2)20-15-18-14-19(26)9-12-22(18)31-23(16-20)28-29-25(31)17-7-10-21(11-8-17)32-24-6-4-5-13-27-24/h4-6,9,12-14,17,20-21H,3,7-8,10-11,15-16H2,1-2H3/t17?,20-,21?/m0/s1. The highest BCUT2D eigenvalue weighted by molar-refractivity contribution is 6.30. The third kappa shape index (κ3) is 4.26. The molecule has 1 atom stereocenters. The molecule has 0 N–H and O–H groups in total. The van der Waals surface area contributed by atoms with Crippen LogP contribution in [0.5, 0.6) is 5.88 Å². The lowest BCUT2D eigenvalue weighted by Gasteiger charge is -2.28. The highest BCUT2D eigenvalue weighted by Gasteiger charge is 2.32. The average molecular weight is 452 g/mol. The molecule has 0 saturated heterocycles. The molecule has 0 bridgehead atoms. The van der Waals surface area contributed by atoms with Crippen molar-refractivity contribution in [2.45, 2.75) is 63.5 Å². The van der Waals surface area contributed by atoms with Gasteiger partial charge in [0, 0.05) is 35.7 Å². The fourth-order valence-corrected chi connectivity index (χ4v) is 5.25. The first-order chi connectivity index (χ1) is 15.6. The Bertz CT molecular complexity index is 1060. The predicted molar refractivity (Wildman–Crippen MR) is 126 cm³/mol. The normalized spacial score (nSPS) is 22.8. The molecule has 6 nitrogen and oxygen atoms in total. The molecule has 1 fully saturated rings. The van der Waals surface area contributed by atoms with Crippen LogP contribution in [0.3, 0.4) is 0 Å². The van der Waals surface area contributed by atoms with Gasteiger partial charge in [0.15, 0.2) is 0 Å². The lowest BCUT2D eigenvalue weighted by molar-refractivity contribution is 0.139. The van der Waals surface area contributed by atoms with E-state index >= 15 is 0 Å². The van der Waals surface area contributed by atoms with Crippen LogP contribution < -0.4 is 4.74 Å². The minimum Gasteiger partial charge on any atom is -0.474 e. The molecule has 5 rings (SSSR count). The van der Waals surface area contributed by atoms with Crippen LogP contribution in [-0.4, -0.2) is 50.4 Å². The summed E-state index contributed by atoms with van der Waals surface area (Å²) < 4.78 is 8.42. The number of hydrogen-bond donors (Lipinski definition) is 0. The summed E-state index contributed by atoms with van der Waals surface area (Å²) in [5.74, 6) is 3.23. The summed E-state index contributed by atoms with van der Waals surface area (Å²) in [5.41, 5.74) is 2.46. The van der Waals surface area contributed by atoms with Gasteiger partial charge in [-0.15, -0.1) is 10.2 Å². The summed E-state index contributed by atoms with van der Waals surface area (Å²) >= 11 is 6.39. The van der Waals surface area contributed by atoms with Crippen molar-refractivity contribution >= 4 is 11.6 Å². The third-order valence-electron chi connectivity index (χ3n) is 7.00. The van der Waals surface area contributed by atoms with Crippen molar-refractivity contribution in [3.8, 4) is 11.6 Å². The Morgan fingerprint density at radius 3 is 2.69 bits per heavy atom. The van der Waals surface area contributed by atoms with Crippen LogP contribution in [-0.2, 0) is 12.8 Å². The number of hydrogen-bond acceptors (Lipinski definition) is 5. The first-order valence-electron chi connectivity index (χ1n) is 11.6. The second-order valence-corrected chi connectivity index (χ2v) is 9.41. The van der Waals surface area contributed by atoms with E-state index in [2.05, 4.69) is 45.7 Å². The van der Waals surface area contributed by atoms with E-state index in [1.54, 1.807) is 6.20 Å². The van der Waals surface area contributed by atoms with Crippen LogP contribution >= 0.6 is 11.6 Å². The summed E-state index contributed by atoms with van der Waals surface area (Å²) in [6.45, 7) is 3.20. The molecule has 7 heteroatoms. The Hall–Kier alpha value is -2.44. The summed E-state index contributed by atoms with van der Waals surface area (Å²) in [5, 5.41) is 10.2. The van der Waals surface area contributed by atoms with E-state index in [9.17, 15) is 0 Å². The van der Waals surface area contributed by atoms with Gasteiger partial charge in [0.2, 0.25) is 5.88 Å². The Morgan fingerprint density at radius 1 is 1.09 bits per heavy atom. The molecule has 0 radical (unpaired) electrons. The molecular weight excluding hydrogens is 422 g/mol. The van der Waals surface area contributed by atoms with Crippen LogP contribution in [0, 0.1) is 0 Å². The SMILES string of the molecule is CCN(C)[C@H]1Cc2cc(Cl)ccc2-n2c(nnc2C2CCC(Oc3ccccn3)CC2)C1. The lowest BCUT2D eigenvalue weighted by atomic mass is 9.86. The molecule has 2 aliphatic rings. The van der Waals surface area contributed by atoms with E-state index in [0.29, 0.717) is 17.8 Å². The van der Waals surface area contributed by atoms with Gasteiger partial charge in [-0.25, -0.2) is 4.98 Å². The van der Waals surface area contributed by atoms with Crippen LogP contribution in [0.2, 0.25) is 5.02 Å². The zero-order valence-electron chi connectivity index (χ0n) is 18.7. The second-order valence-electron chi connectivity index (χ2n) is 8.98. The Balaban J connectivity index is 1.40. The highest BCUT2D eigenvalue weighted by atomic mass is 35.5. The van der Waals surface area contributed by atoms with E-state index < -0.39 is 0 Å². The quantitative estimate of drug-likeness (QED) is 0.555. The molecular formula is C25H30ClN5O. The van der Waals surface area contributed by atoms with Crippen LogP contribution in [0.1, 0.15) is 55.7 Å². The van der Waals surface area contributed by atoms with Gasteiger partial charge in [-0.1, -0.05) is 24.6 Å². The average Bonchev–Trinajstić information content (AvgIpc) is 3.15. The number of fused-ring (bicyclic) bond motifs is 3. The van der Waals surface area contributed by atoms with Gasteiger partial charge >= 0.3 is 0 Å². The summed E-state index contributed by atoms with van der Waals surface area (Å²) in [6.07, 6.45) is 7.92. The summed E-state index contributed by atoms with van der Waals surface area (Å²) in [7, 11) is 2.19. The maximum Gasteiger partial charge on any atom is 0.213 e. The van der Waals surface area contributed by atoms with Crippen molar-refractivity contribution in [1.82, 2.24) is 24.6 Å².